The summed E-state index contributed by atoms with van der Waals surface area (Å²) in [4.78, 5) is 4.27. The first-order chi connectivity index (χ1) is 11.9. The quantitative estimate of drug-likeness (QED) is 0.369. The highest BCUT2D eigenvalue weighted by atomic mass is 16.3. The summed E-state index contributed by atoms with van der Waals surface area (Å²) in [6, 6.07) is 11.1. The van der Waals surface area contributed by atoms with Crippen LogP contribution in [0.4, 0.5) is 0 Å². The number of furan rings is 1. The Morgan fingerprint density at radius 3 is 2.20 bits per heavy atom. The Kier molecular flexibility index (Phi) is 2.77. The lowest BCUT2D eigenvalue weighted by molar-refractivity contribution is 0.332. The highest BCUT2D eigenvalue weighted by molar-refractivity contribution is 6.10. The van der Waals surface area contributed by atoms with Gasteiger partial charge in [-0.3, -0.25) is 4.98 Å². The largest absolute Gasteiger partial charge is 0.456 e. The van der Waals surface area contributed by atoms with Crippen molar-refractivity contribution in [2.45, 2.75) is 51.4 Å². The van der Waals surface area contributed by atoms with E-state index in [-0.39, 0.29) is 10.8 Å². The van der Waals surface area contributed by atoms with E-state index in [1.165, 1.54) is 40.1 Å². The average Bonchev–Trinajstić information content (AvgIpc) is 2.93. The molecule has 2 nitrogen and oxygen atoms in total. The molecule has 1 aliphatic carbocycles. The zero-order valence-electron chi connectivity index (χ0n) is 15.3. The van der Waals surface area contributed by atoms with Crippen LogP contribution in [-0.2, 0) is 10.8 Å². The Labute approximate surface area is 147 Å². The van der Waals surface area contributed by atoms with Gasteiger partial charge in [0.05, 0.1) is 0 Å². The molecule has 0 radical (unpaired) electrons. The molecule has 2 heteroatoms. The minimum atomic E-state index is 0.201. The van der Waals surface area contributed by atoms with Gasteiger partial charge in [0.2, 0.25) is 0 Å². The lowest BCUT2D eigenvalue weighted by Gasteiger charge is -2.41. The molecule has 2 aromatic heterocycles. The van der Waals surface area contributed by atoms with Crippen molar-refractivity contribution in [2.75, 3.05) is 0 Å². The Hall–Kier alpha value is -2.35. The van der Waals surface area contributed by atoms with E-state index in [0.29, 0.717) is 0 Å². The summed E-state index contributed by atoms with van der Waals surface area (Å²) >= 11 is 0. The van der Waals surface area contributed by atoms with Gasteiger partial charge in [0.25, 0.3) is 0 Å². The van der Waals surface area contributed by atoms with Gasteiger partial charge >= 0.3 is 0 Å². The van der Waals surface area contributed by atoms with E-state index >= 15 is 0 Å². The molecule has 25 heavy (non-hydrogen) atoms. The summed E-state index contributed by atoms with van der Waals surface area (Å²) in [6.45, 7) is 9.45. The maximum Gasteiger partial charge on any atom is 0.136 e. The molecule has 0 atom stereocenters. The maximum absolute atomic E-state index is 6.27. The summed E-state index contributed by atoms with van der Waals surface area (Å²) in [5.74, 6) is 0. The van der Waals surface area contributed by atoms with Crippen LogP contribution in [0.15, 0.2) is 47.1 Å². The van der Waals surface area contributed by atoms with Gasteiger partial charge in [0, 0.05) is 28.6 Å². The smallest absolute Gasteiger partial charge is 0.136 e. The molecule has 0 N–H and O–H groups in total. The number of rotatable bonds is 0. The van der Waals surface area contributed by atoms with E-state index in [4.69, 9.17) is 4.42 Å². The zero-order valence-corrected chi connectivity index (χ0v) is 15.3. The molecular weight excluding hydrogens is 306 g/mol. The van der Waals surface area contributed by atoms with Crippen LogP contribution >= 0.6 is 0 Å². The van der Waals surface area contributed by atoms with Crippen LogP contribution in [0.2, 0.25) is 0 Å². The van der Waals surface area contributed by atoms with Gasteiger partial charge in [-0.05, 0) is 70.5 Å². The van der Waals surface area contributed by atoms with Gasteiger partial charge in [-0.1, -0.05) is 27.7 Å². The van der Waals surface area contributed by atoms with E-state index in [1.54, 1.807) is 0 Å². The lowest BCUT2D eigenvalue weighted by atomic mass is 9.63. The van der Waals surface area contributed by atoms with E-state index < -0.39 is 0 Å². The van der Waals surface area contributed by atoms with E-state index in [9.17, 15) is 0 Å². The molecule has 0 bridgehead atoms. The second kappa shape index (κ2) is 4.63. The van der Waals surface area contributed by atoms with E-state index in [1.807, 2.05) is 18.5 Å². The molecule has 0 fully saturated rings. The molecule has 0 amide bonds. The van der Waals surface area contributed by atoms with Crippen molar-refractivity contribution in [1.29, 1.82) is 0 Å². The first kappa shape index (κ1) is 14.9. The number of hydrogen-bond donors (Lipinski definition) is 0. The van der Waals surface area contributed by atoms with Crippen molar-refractivity contribution >= 4 is 32.7 Å². The number of benzene rings is 2. The van der Waals surface area contributed by atoms with Crippen LogP contribution in [-0.4, -0.2) is 4.98 Å². The molecule has 2 aromatic carbocycles. The molecule has 0 saturated heterocycles. The van der Waals surface area contributed by atoms with Gasteiger partial charge in [-0.15, -0.1) is 0 Å². The number of pyridine rings is 1. The summed E-state index contributed by atoms with van der Waals surface area (Å²) < 4.78 is 6.27. The van der Waals surface area contributed by atoms with Crippen molar-refractivity contribution in [3.63, 3.8) is 0 Å². The van der Waals surface area contributed by atoms with Crippen LogP contribution in [0.1, 0.15) is 51.7 Å². The molecule has 0 unspecified atom stereocenters. The van der Waals surface area contributed by atoms with Crippen LogP contribution < -0.4 is 0 Å². The predicted octanol–water partition coefficient (Wildman–Crippen LogP) is 6.48. The summed E-state index contributed by atoms with van der Waals surface area (Å²) in [6.07, 6.45) is 6.20. The normalized spacial score (nSPS) is 18.7. The number of nitrogens with zero attached hydrogens (tertiary/aromatic N) is 1. The lowest BCUT2D eigenvalue weighted by Crippen LogP contribution is -2.33. The van der Waals surface area contributed by atoms with Crippen molar-refractivity contribution in [1.82, 2.24) is 4.98 Å². The third-order valence-corrected chi connectivity index (χ3v) is 6.20. The molecule has 0 aliphatic heterocycles. The fraction of sp³-hybridized carbons (Fsp3) is 0.348. The van der Waals surface area contributed by atoms with E-state index in [0.717, 1.165) is 16.6 Å². The standard InChI is InChI=1S/C23H23NO/c1-22(2)6-7-23(3,4)19-12-21-17(11-18(19)22)16-9-15-13-24-8-5-14(15)10-20(16)25-21/h5,8-13H,6-7H2,1-4H3. The zero-order chi connectivity index (χ0) is 17.4. The minimum Gasteiger partial charge on any atom is -0.456 e. The summed E-state index contributed by atoms with van der Waals surface area (Å²) in [7, 11) is 0. The fourth-order valence-electron chi connectivity index (χ4n) is 4.42. The van der Waals surface area contributed by atoms with Crippen molar-refractivity contribution in [2.24, 2.45) is 0 Å². The molecule has 126 valence electrons. The maximum atomic E-state index is 6.27. The Morgan fingerprint density at radius 1 is 0.800 bits per heavy atom. The number of aromatic nitrogens is 1. The molecule has 0 spiro atoms. The fourth-order valence-corrected chi connectivity index (χ4v) is 4.42. The SMILES string of the molecule is CC1(C)CCC(C)(C)c2cc3c(cc21)oc1cc2ccncc2cc13. The van der Waals surface area contributed by atoms with E-state index in [2.05, 4.69) is 56.9 Å². The van der Waals surface area contributed by atoms with Crippen molar-refractivity contribution in [3.05, 3.63) is 53.9 Å². The monoisotopic (exact) mass is 329 g/mol. The Bertz CT molecular complexity index is 1150. The van der Waals surface area contributed by atoms with Gasteiger partial charge in [0.15, 0.2) is 0 Å². The van der Waals surface area contributed by atoms with Gasteiger partial charge < -0.3 is 4.42 Å². The van der Waals surface area contributed by atoms with Crippen LogP contribution in [0.25, 0.3) is 32.7 Å². The minimum absolute atomic E-state index is 0.201. The molecular formula is C23H23NO. The average molecular weight is 329 g/mol. The molecule has 5 rings (SSSR count). The van der Waals surface area contributed by atoms with Crippen molar-refractivity contribution in [3.8, 4) is 0 Å². The van der Waals surface area contributed by atoms with Crippen molar-refractivity contribution < 1.29 is 4.42 Å². The number of hydrogen-bond acceptors (Lipinski definition) is 2. The predicted molar refractivity (Wildman–Crippen MR) is 104 cm³/mol. The third kappa shape index (κ3) is 2.06. The van der Waals surface area contributed by atoms with Crippen LogP contribution in [0.5, 0.6) is 0 Å². The highest BCUT2D eigenvalue weighted by Crippen LogP contribution is 2.48. The first-order valence-corrected chi connectivity index (χ1v) is 9.10. The molecule has 1 aliphatic rings. The van der Waals surface area contributed by atoms with Crippen LogP contribution in [0, 0.1) is 0 Å². The van der Waals surface area contributed by atoms with Gasteiger partial charge in [-0.2, -0.15) is 0 Å². The molecule has 2 heterocycles. The number of fused-ring (bicyclic) bond motifs is 5. The first-order valence-electron chi connectivity index (χ1n) is 9.10. The second-order valence-corrected chi connectivity index (χ2v) is 8.83. The van der Waals surface area contributed by atoms with Gasteiger partial charge in [-0.25, -0.2) is 0 Å². The Balaban J connectivity index is 1.90. The molecule has 0 saturated carbocycles. The topological polar surface area (TPSA) is 26.0 Å². The second-order valence-electron chi connectivity index (χ2n) is 8.83. The highest BCUT2D eigenvalue weighted by Gasteiger charge is 2.37. The third-order valence-electron chi connectivity index (χ3n) is 6.20. The van der Waals surface area contributed by atoms with Crippen LogP contribution in [0.3, 0.4) is 0 Å². The molecule has 4 aromatic rings. The summed E-state index contributed by atoms with van der Waals surface area (Å²) in [5.41, 5.74) is 5.30. The Morgan fingerprint density at radius 2 is 1.44 bits per heavy atom. The summed E-state index contributed by atoms with van der Waals surface area (Å²) in [5, 5.41) is 4.75. The van der Waals surface area contributed by atoms with Gasteiger partial charge in [0.1, 0.15) is 11.2 Å².